The van der Waals surface area contributed by atoms with Crippen LogP contribution in [0.1, 0.15) is 5.56 Å². The summed E-state index contributed by atoms with van der Waals surface area (Å²) in [5, 5.41) is 2.22. The van der Waals surface area contributed by atoms with Crippen molar-refractivity contribution < 1.29 is 10.1 Å². The molecule has 2 aromatic rings. The number of hydrogen-bond acceptors (Lipinski definition) is 1. The summed E-state index contributed by atoms with van der Waals surface area (Å²) < 4.78 is 6.20. The Morgan fingerprint density at radius 3 is 2.53 bits per heavy atom. The van der Waals surface area contributed by atoms with Crippen molar-refractivity contribution in [3.63, 3.8) is 0 Å². The second kappa shape index (κ2) is 5.84. The highest BCUT2D eigenvalue weighted by molar-refractivity contribution is 9.10. The molecule has 2 N–H and O–H groups in total. The molecule has 3 heteroatoms. The minimum Gasteiger partial charge on any atom is -0.496 e. The van der Waals surface area contributed by atoms with Crippen LogP contribution in [0.4, 0.5) is 5.69 Å². The molecule has 0 amide bonds. The van der Waals surface area contributed by atoms with E-state index in [0.29, 0.717) is 0 Å². The molecular weight excluding hydrogens is 278 g/mol. The molecular formula is C14H15BrNO+. The molecule has 2 aromatic carbocycles. The lowest BCUT2D eigenvalue weighted by Crippen LogP contribution is -2.76. The maximum Gasteiger partial charge on any atom is 0.133 e. The number of methoxy groups -OCH3 is 1. The average molecular weight is 293 g/mol. The Balaban J connectivity index is 2.02. The molecule has 0 bridgehead atoms. The zero-order chi connectivity index (χ0) is 12.1. The van der Waals surface area contributed by atoms with Crippen LogP contribution in [-0.2, 0) is 6.54 Å². The van der Waals surface area contributed by atoms with Crippen molar-refractivity contribution in [1.29, 1.82) is 0 Å². The molecule has 17 heavy (non-hydrogen) atoms. The first-order valence-corrected chi connectivity index (χ1v) is 6.29. The van der Waals surface area contributed by atoms with Gasteiger partial charge < -0.3 is 10.1 Å². The minimum atomic E-state index is 0.869. The second-order valence-corrected chi connectivity index (χ2v) is 4.64. The summed E-state index contributed by atoms with van der Waals surface area (Å²) in [6.45, 7) is 0.923. The van der Waals surface area contributed by atoms with Crippen LogP contribution in [0.25, 0.3) is 0 Å². The lowest BCUT2D eigenvalue weighted by molar-refractivity contribution is -0.588. The number of hydrogen-bond donors (Lipinski definition) is 1. The summed E-state index contributed by atoms with van der Waals surface area (Å²) in [5.74, 6) is 0.869. The van der Waals surface area contributed by atoms with Crippen LogP contribution in [0.3, 0.4) is 0 Å². The fourth-order valence-corrected chi connectivity index (χ4v) is 2.25. The van der Waals surface area contributed by atoms with Gasteiger partial charge in [0.25, 0.3) is 0 Å². The van der Waals surface area contributed by atoms with Crippen LogP contribution >= 0.6 is 15.9 Å². The Bertz CT molecular complexity index is 485. The van der Waals surface area contributed by atoms with Gasteiger partial charge in [-0.1, -0.05) is 18.2 Å². The van der Waals surface area contributed by atoms with Crippen molar-refractivity contribution in [2.24, 2.45) is 0 Å². The van der Waals surface area contributed by atoms with Crippen LogP contribution in [-0.4, -0.2) is 7.11 Å². The third kappa shape index (κ3) is 3.32. The van der Waals surface area contributed by atoms with Gasteiger partial charge in [-0.25, -0.2) is 0 Å². The van der Waals surface area contributed by atoms with Gasteiger partial charge in [-0.15, -0.1) is 0 Å². The van der Waals surface area contributed by atoms with E-state index < -0.39 is 0 Å². The summed E-state index contributed by atoms with van der Waals surface area (Å²) in [6, 6.07) is 16.5. The number of para-hydroxylation sites is 1. The average Bonchev–Trinajstić information content (AvgIpc) is 2.38. The number of ether oxygens (including phenoxy) is 1. The van der Waals surface area contributed by atoms with E-state index in [1.54, 1.807) is 7.11 Å². The highest BCUT2D eigenvalue weighted by Gasteiger charge is 2.03. The molecule has 0 aliphatic heterocycles. The van der Waals surface area contributed by atoms with E-state index in [0.717, 1.165) is 16.8 Å². The largest absolute Gasteiger partial charge is 0.496 e. The highest BCUT2D eigenvalue weighted by atomic mass is 79.9. The smallest absolute Gasteiger partial charge is 0.133 e. The molecule has 0 aliphatic carbocycles. The molecule has 0 radical (unpaired) electrons. The first-order valence-electron chi connectivity index (χ1n) is 5.50. The van der Waals surface area contributed by atoms with Crippen molar-refractivity contribution in [2.75, 3.05) is 7.11 Å². The summed E-state index contributed by atoms with van der Waals surface area (Å²) in [6.07, 6.45) is 0. The predicted octanol–water partition coefficient (Wildman–Crippen LogP) is 2.85. The first-order chi connectivity index (χ1) is 8.29. The topological polar surface area (TPSA) is 25.8 Å². The van der Waals surface area contributed by atoms with Gasteiger partial charge >= 0.3 is 0 Å². The summed E-state index contributed by atoms with van der Waals surface area (Å²) in [5.41, 5.74) is 2.51. The molecule has 0 spiro atoms. The highest BCUT2D eigenvalue weighted by Crippen LogP contribution is 2.25. The maximum atomic E-state index is 5.21. The number of rotatable bonds is 4. The van der Waals surface area contributed by atoms with Gasteiger partial charge in [0.05, 0.1) is 11.6 Å². The van der Waals surface area contributed by atoms with E-state index in [-0.39, 0.29) is 0 Å². The third-order valence-corrected chi connectivity index (χ3v) is 3.21. The van der Waals surface area contributed by atoms with Gasteiger partial charge in [-0.2, -0.15) is 0 Å². The molecule has 2 nitrogen and oxygen atoms in total. The standard InChI is InChI=1S/C14H14BrNO/c1-17-14-8-7-11(9-13(14)15)10-16-12-5-3-2-4-6-12/h2-9,16H,10H2,1H3/p+1. The molecule has 0 fully saturated rings. The van der Waals surface area contributed by atoms with Crippen molar-refractivity contribution in [1.82, 2.24) is 0 Å². The number of benzene rings is 2. The van der Waals surface area contributed by atoms with Gasteiger partial charge in [0.2, 0.25) is 0 Å². The fraction of sp³-hybridized carbons (Fsp3) is 0.143. The summed E-state index contributed by atoms with van der Waals surface area (Å²) >= 11 is 3.49. The normalized spacial score (nSPS) is 10.2. The van der Waals surface area contributed by atoms with E-state index in [9.17, 15) is 0 Å². The Labute approximate surface area is 110 Å². The van der Waals surface area contributed by atoms with Crippen LogP contribution in [0.2, 0.25) is 0 Å². The van der Waals surface area contributed by atoms with Crippen molar-refractivity contribution >= 4 is 21.6 Å². The van der Waals surface area contributed by atoms with Gasteiger partial charge in [-0.05, 0) is 46.3 Å². The predicted molar refractivity (Wildman–Crippen MR) is 72.4 cm³/mol. The molecule has 0 atom stereocenters. The van der Waals surface area contributed by atoms with Crippen molar-refractivity contribution in [3.05, 3.63) is 58.6 Å². The van der Waals surface area contributed by atoms with Crippen LogP contribution in [0.15, 0.2) is 53.0 Å². The quantitative estimate of drug-likeness (QED) is 0.862. The second-order valence-electron chi connectivity index (χ2n) is 3.79. The van der Waals surface area contributed by atoms with Crippen LogP contribution < -0.4 is 10.1 Å². The van der Waals surface area contributed by atoms with E-state index in [4.69, 9.17) is 4.74 Å². The van der Waals surface area contributed by atoms with Crippen molar-refractivity contribution in [2.45, 2.75) is 6.54 Å². The molecule has 0 saturated heterocycles. The lowest BCUT2D eigenvalue weighted by Gasteiger charge is -2.05. The molecule has 0 aliphatic rings. The molecule has 2 rings (SSSR count). The summed E-state index contributed by atoms with van der Waals surface area (Å²) in [7, 11) is 1.68. The molecule has 0 unspecified atom stereocenters. The zero-order valence-electron chi connectivity index (χ0n) is 9.69. The van der Waals surface area contributed by atoms with E-state index in [1.807, 2.05) is 12.1 Å². The SMILES string of the molecule is COc1ccc(C[NH2+]c2ccccc2)cc1Br. The van der Waals surface area contributed by atoms with Gasteiger partial charge in [-0.3, -0.25) is 0 Å². The number of halogens is 1. The monoisotopic (exact) mass is 292 g/mol. The van der Waals surface area contributed by atoms with Crippen LogP contribution in [0, 0.1) is 0 Å². The molecule has 0 saturated carbocycles. The summed E-state index contributed by atoms with van der Waals surface area (Å²) in [4.78, 5) is 0. The minimum absolute atomic E-state index is 0.869. The van der Waals surface area contributed by atoms with E-state index in [1.165, 1.54) is 11.3 Å². The third-order valence-electron chi connectivity index (χ3n) is 2.59. The molecule has 88 valence electrons. The Morgan fingerprint density at radius 2 is 1.88 bits per heavy atom. The van der Waals surface area contributed by atoms with Gasteiger partial charge in [0.15, 0.2) is 0 Å². The Kier molecular flexibility index (Phi) is 4.18. The zero-order valence-corrected chi connectivity index (χ0v) is 11.3. The molecule has 0 aromatic heterocycles. The molecule has 0 heterocycles. The fourth-order valence-electron chi connectivity index (χ4n) is 1.66. The first kappa shape index (κ1) is 12.1. The lowest BCUT2D eigenvalue weighted by atomic mass is 10.2. The van der Waals surface area contributed by atoms with Gasteiger partial charge in [0.1, 0.15) is 18.0 Å². The van der Waals surface area contributed by atoms with Crippen molar-refractivity contribution in [3.8, 4) is 5.75 Å². The Morgan fingerprint density at radius 1 is 1.12 bits per heavy atom. The van der Waals surface area contributed by atoms with E-state index >= 15 is 0 Å². The Hall–Kier alpha value is -1.32. The van der Waals surface area contributed by atoms with E-state index in [2.05, 4.69) is 57.6 Å². The van der Waals surface area contributed by atoms with Crippen LogP contribution in [0.5, 0.6) is 5.75 Å². The number of quaternary nitrogens is 1. The maximum absolute atomic E-state index is 5.21. The number of nitrogens with two attached hydrogens (primary N) is 1. The van der Waals surface area contributed by atoms with Gasteiger partial charge in [0, 0.05) is 5.56 Å².